The molecule has 1 aliphatic heterocycles. The number of benzene rings is 1. The summed E-state index contributed by atoms with van der Waals surface area (Å²) in [5.74, 6) is -0.513. The fraction of sp³-hybridized carbons (Fsp3) is 0.462. The summed E-state index contributed by atoms with van der Waals surface area (Å²) in [6, 6.07) is 3.66. The van der Waals surface area contributed by atoms with Crippen LogP contribution in [-0.4, -0.2) is 41.3 Å². The van der Waals surface area contributed by atoms with Crippen molar-refractivity contribution in [3.8, 4) is 0 Å². The maximum absolute atomic E-state index is 12.0. The number of hydrogen-bond donors (Lipinski definition) is 2. The lowest BCUT2D eigenvalue weighted by Gasteiger charge is -2.32. The number of nitrogens with one attached hydrogen (secondary N) is 1. The van der Waals surface area contributed by atoms with E-state index in [1.54, 1.807) is 0 Å². The van der Waals surface area contributed by atoms with Crippen molar-refractivity contribution in [1.29, 1.82) is 0 Å². The number of ether oxygens (including phenoxy) is 1. The van der Waals surface area contributed by atoms with E-state index in [1.165, 1.54) is 12.1 Å². The van der Waals surface area contributed by atoms with Gasteiger partial charge in [0.1, 0.15) is 0 Å². The predicted molar refractivity (Wildman–Crippen MR) is 75.4 cm³/mol. The number of carbonyl (C=O) groups is 1. The van der Waals surface area contributed by atoms with Crippen LogP contribution in [0.3, 0.4) is 0 Å². The molecule has 0 aromatic heterocycles. The Morgan fingerprint density at radius 3 is 2.71 bits per heavy atom. The molecule has 114 valence electrons. The third-order valence-corrected chi connectivity index (χ3v) is 3.58. The van der Waals surface area contributed by atoms with E-state index in [0.29, 0.717) is 26.1 Å². The second-order valence-corrected chi connectivity index (χ2v) is 5.41. The third-order valence-electron chi connectivity index (χ3n) is 3.36. The summed E-state index contributed by atoms with van der Waals surface area (Å²) in [5.41, 5.74) is -1.17. The summed E-state index contributed by atoms with van der Waals surface area (Å²) in [6.07, 6.45) is 0.867. The van der Waals surface area contributed by atoms with E-state index in [1.807, 2.05) is 0 Å². The Morgan fingerprint density at radius 1 is 1.43 bits per heavy atom. The maximum atomic E-state index is 12.0. The normalized spacial score (nSPS) is 17.2. The van der Waals surface area contributed by atoms with Crippen molar-refractivity contribution < 1.29 is 19.6 Å². The first-order chi connectivity index (χ1) is 9.89. The van der Waals surface area contributed by atoms with Crippen molar-refractivity contribution in [1.82, 2.24) is 5.32 Å². The van der Waals surface area contributed by atoms with E-state index >= 15 is 0 Å². The van der Waals surface area contributed by atoms with Gasteiger partial charge in [-0.15, -0.1) is 0 Å². The van der Waals surface area contributed by atoms with Crippen molar-refractivity contribution in [2.24, 2.45) is 0 Å². The summed E-state index contributed by atoms with van der Waals surface area (Å²) in [4.78, 5) is 22.2. The molecule has 1 fully saturated rings. The van der Waals surface area contributed by atoms with E-state index in [4.69, 9.17) is 16.3 Å². The number of halogens is 1. The first-order valence-electron chi connectivity index (χ1n) is 6.43. The Hall–Kier alpha value is -1.70. The average Bonchev–Trinajstić information content (AvgIpc) is 2.45. The molecule has 0 aliphatic carbocycles. The zero-order chi connectivity index (χ0) is 15.5. The topological polar surface area (TPSA) is 102 Å². The van der Waals surface area contributed by atoms with E-state index < -0.39 is 16.4 Å². The monoisotopic (exact) mass is 314 g/mol. The number of rotatable bonds is 4. The van der Waals surface area contributed by atoms with Crippen molar-refractivity contribution in [2.45, 2.75) is 18.4 Å². The minimum Gasteiger partial charge on any atom is -0.388 e. The molecule has 0 radical (unpaired) electrons. The summed E-state index contributed by atoms with van der Waals surface area (Å²) in [5, 5.41) is 23.7. The molecule has 8 heteroatoms. The molecule has 21 heavy (non-hydrogen) atoms. The Bertz CT molecular complexity index is 557. The molecule has 0 spiro atoms. The lowest BCUT2D eigenvalue weighted by Crippen LogP contribution is -2.46. The highest BCUT2D eigenvalue weighted by molar-refractivity contribution is 6.31. The smallest absolute Gasteiger partial charge is 0.271 e. The van der Waals surface area contributed by atoms with Gasteiger partial charge in [0, 0.05) is 55.3 Å². The van der Waals surface area contributed by atoms with Gasteiger partial charge in [0.15, 0.2) is 0 Å². The highest BCUT2D eigenvalue weighted by Crippen LogP contribution is 2.22. The number of carbonyl (C=O) groups excluding carboxylic acids is 1. The highest BCUT2D eigenvalue weighted by atomic mass is 35.5. The minimum atomic E-state index is -1.00. The van der Waals surface area contributed by atoms with Crippen molar-refractivity contribution >= 4 is 23.2 Å². The van der Waals surface area contributed by atoms with Gasteiger partial charge >= 0.3 is 0 Å². The Labute approximate surface area is 126 Å². The number of amides is 1. The maximum Gasteiger partial charge on any atom is 0.271 e. The molecular weight excluding hydrogens is 300 g/mol. The zero-order valence-corrected chi connectivity index (χ0v) is 11.9. The number of nitrogens with zero attached hydrogens (tertiary/aromatic N) is 1. The van der Waals surface area contributed by atoms with Crippen LogP contribution in [0.1, 0.15) is 23.2 Å². The zero-order valence-electron chi connectivity index (χ0n) is 11.2. The number of hydrogen-bond acceptors (Lipinski definition) is 5. The molecule has 0 atom stereocenters. The average molecular weight is 315 g/mol. The van der Waals surface area contributed by atoms with Gasteiger partial charge in [0.25, 0.3) is 11.6 Å². The van der Waals surface area contributed by atoms with Crippen LogP contribution in [0.2, 0.25) is 5.02 Å². The molecule has 1 aliphatic rings. The first-order valence-corrected chi connectivity index (χ1v) is 6.81. The van der Waals surface area contributed by atoms with E-state index in [-0.39, 0.29) is 22.8 Å². The van der Waals surface area contributed by atoms with Crippen LogP contribution >= 0.6 is 11.6 Å². The summed E-state index contributed by atoms with van der Waals surface area (Å²) >= 11 is 5.76. The standard InChI is InChI=1S/C13H15ClN2O5/c14-10-5-9(6-11(7-10)16(19)20)12(17)15-8-13(18)1-3-21-4-2-13/h5-7,18H,1-4,8H2,(H,15,17). The van der Waals surface area contributed by atoms with Gasteiger partial charge in [-0.25, -0.2) is 0 Å². The lowest BCUT2D eigenvalue weighted by atomic mass is 9.94. The minimum absolute atomic E-state index is 0.0650. The van der Waals surface area contributed by atoms with E-state index in [9.17, 15) is 20.0 Å². The van der Waals surface area contributed by atoms with Crippen LogP contribution < -0.4 is 5.32 Å². The van der Waals surface area contributed by atoms with Crippen LogP contribution in [0.4, 0.5) is 5.69 Å². The molecule has 0 bridgehead atoms. The molecule has 1 aromatic carbocycles. The summed E-state index contributed by atoms with van der Waals surface area (Å²) in [6.45, 7) is 0.944. The molecule has 1 aromatic rings. The highest BCUT2D eigenvalue weighted by Gasteiger charge is 2.30. The van der Waals surface area contributed by atoms with Gasteiger partial charge < -0.3 is 15.2 Å². The molecule has 0 saturated carbocycles. The van der Waals surface area contributed by atoms with Crippen LogP contribution in [-0.2, 0) is 4.74 Å². The summed E-state index contributed by atoms with van der Waals surface area (Å²) in [7, 11) is 0. The second-order valence-electron chi connectivity index (χ2n) is 4.97. The van der Waals surface area contributed by atoms with Crippen LogP contribution in [0.25, 0.3) is 0 Å². The van der Waals surface area contributed by atoms with Crippen LogP contribution in [0, 0.1) is 10.1 Å². The van der Waals surface area contributed by atoms with Crippen molar-refractivity contribution in [2.75, 3.05) is 19.8 Å². The van der Waals surface area contributed by atoms with Crippen LogP contribution in [0.5, 0.6) is 0 Å². The molecule has 1 amide bonds. The number of nitro benzene ring substituents is 1. The van der Waals surface area contributed by atoms with E-state index in [0.717, 1.165) is 6.07 Å². The number of nitro groups is 1. The molecule has 0 unspecified atom stereocenters. The molecule has 1 saturated heterocycles. The molecular formula is C13H15ClN2O5. The quantitative estimate of drug-likeness (QED) is 0.648. The third kappa shape index (κ3) is 4.13. The van der Waals surface area contributed by atoms with Gasteiger partial charge in [-0.1, -0.05) is 11.6 Å². The van der Waals surface area contributed by atoms with Gasteiger partial charge in [-0.05, 0) is 6.07 Å². The van der Waals surface area contributed by atoms with Gasteiger partial charge in [-0.2, -0.15) is 0 Å². The fourth-order valence-electron chi connectivity index (χ4n) is 2.09. The lowest BCUT2D eigenvalue weighted by molar-refractivity contribution is -0.384. The van der Waals surface area contributed by atoms with Gasteiger partial charge in [0.2, 0.25) is 0 Å². The fourth-order valence-corrected chi connectivity index (χ4v) is 2.31. The van der Waals surface area contributed by atoms with E-state index in [2.05, 4.69) is 5.32 Å². The second kappa shape index (κ2) is 6.38. The largest absolute Gasteiger partial charge is 0.388 e. The number of aliphatic hydroxyl groups is 1. The SMILES string of the molecule is O=C(NCC1(O)CCOCC1)c1cc(Cl)cc([N+](=O)[O-])c1. The summed E-state index contributed by atoms with van der Waals surface area (Å²) < 4.78 is 5.15. The van der Waals surface area contributed by atoms with Gasteiger partial charge in [-0.3, -0.25) is 14.9 Å². The van der Waals surface area contributed by atoms with Crippen molar-refractivity contribution in [3.05, 3.63) is 38.9 Å². The number of non-ortho nitro benzene ring substituents is 1. The van der Waals surface area contributed by atoms with Gasteiger partial charge in [0.05, 0.1) is 10.5 Å². The molecule has 2 N–H and O–H groups in total. The Balaban J connectivity index is 2.04. The van der Waals surface area contributed by atoms with Crippen LogP contribution in [0.15, 0.2) is 18.2 Å². The predicted octanol–water partition coefficient (Wildman–Crippen LogP) is 1.52. The molecule has 1 heterocycles. The Morgan fingerprint density at radius 2 is 2.10 bits per heavy atom. The molecule has 7 nitrogen and oxygen atoms in total. The first kappa shape index (κ1) is 15.7. The van der Waals surface area contributed by atoms with Crippen molar-refractivity contribution in [3.63, 3.8) is 0 Å². The molecule has 2 rings (SSSR count). The Kier molecular flexibility index (Phi) is 4.76.